The quantitative estimate of drug-likeness (QED) is 0.929. The van der Waals surface area contributed by atoms with Crippen LogP contribution in [0.1, 0.15) is 11.1 Å². The Morgan fingerprint density at radius 2 is 1.70 bits per heavy atom. The molecule has 0 saturated carbocycles. The zero-order valence-corrected chi connectivity index (χ0v) is 11.0. The van der Waals surface area contributed by atoms with Gasteiger partial charge in [0, 0.05) is 5.56 Å². The van der Waals surface area contributed by atoms with Crippen molar-refractivity contribution in [3.63, 3.8) is 0 Å². The maximum atomic E-state index is 9.32. The van der Waals surface area contributed by atoms with E-state index in [1.807, 2.05) is 36.4 Å². The molecule has 0 aromatic heterocycles. The van der Waals surface area contributed by atoms with E-state index in [0.29, 0.717) is 42.6 Å². The van der Waals surface area contributed by atoms with Crippen LogP contribution in [-0.2, 0) is 13.2 Å². The molecule has 4 nitrogen and oxygen atoms in total. The van der Waals surface area contributed by atoms with Crippen molar-refractivity contribution in [1.29, 1.82) is 0 Å². The van der Waals surface area contributed by atoms with Gasteiger partial charge in [0.15, 0.2) is 11.5 Å². The molecule has 0 saturated heterocycles. The standard InChI is InChI=1S/C16H16O4/c17-10-13-6-7-14(16-15(13)18-8-9-19-16)20-11-12-4-2-1-3-5-12/h1-7,17H,8-11H2. The lowest BCUT2D eigenvalue weighted by Crippen LogP contribution is -2.17. The Kier molecular flexibility index (Phi) is 3.74. The summed E-state index contributed by atoms with van der Waals surface area (Å²) in [7, 11) is 0. The van der Waals surface area contributed by atoms with Gasteiger partial charge in [0.25, 0.3) is 0 Å². The zero-order valence-electron chi connectivity index (χ0n) is 11.0. The predicted octanol–water partition coefficient (Wildman–Crippen LogP) is 2.53. The molecular weight excluding hydrogens is 256 g/mol. The van der Waals surface area contributed by atoms with Crippen LogP contribution in [0.15, 0.2) is 42.5 Å². The maximum absolute atomic E-state index is 9.32. The Morgan fingerprint density at radius 3 is 2.45 bits per heavy atom. The first-order chi connectivity index (χ1) is 9.88. The minimum Gasteiger partial charge on any atom is -0.486 e. The summed E-state index contributed by atoms with van der Waals surface area (Å²) in [6, 6.07) is 13.5. The highest BCUT2D eigenvalue weighted by Gasteiger charge is 2.20. The SMILES string of the molecule is OCc1ccc(OCc2ccccc2)c2c1OCCO2. The van der Waals surface area contributed by atoms with E-state index in [9.17, 15) is 5.11 Å². The average Bonchev–Trinajstić information content (AvgIpc) is 2.53. The number of hydrogen-bond acceptors (Lipinski definition) is 4. The molecule has 0 unspecified atom stereocenters. The van der Waals surface area contributed by atoms with E-state index in [0.717, 1.165) is 5.56 Å². The van der Waals surface area contributed by atoms with Crippen molar-refractivity contribution in [3.8, 4) is 17.2 Å². The topological polar surface area (TPSA) is 47.9 Å². The Morgan fingerprint density at radius 1 is 0.950 bits per heavy atom. The van der Waals surface area contributed by atoms with Crippen molar-refractivity contribution in [2.45, 2.75) is 13.2 Å². The van der Waals surface area contributed by atoms with Crippen molar-refractivity contribution in [1.82, 2.24) is 0 Å². The molecular formula is C16H16O4. The molecule has 0 fully saturated rings. The number of aliphatic hydroxyl groups excluding tert-OH is 1. The smallest absolute Gasteiger partial charge is 0.204 e. The molecule has 2 aromatic rings. The van der Waals surface area contributed by atoms with E-state index in [1.165, 1.54) is 0 Å². The van der Waals surface area contributed by atoms with Crippen LogP contribution in [0.3, 0.4) is 0 Å². The lowest BCUT2D eigenvalue weighted by atomic mass is 10.1. The van der Waals surface area contributed by atoms with Crippen LogP contribution in [-0.4, -0.2) is 18.3 Å². The van der Waals surface area contributed by atoms with Gasteiger partial charge < -0.3 is 19.3 Å². The fourth-order valence-electron chi connectivity index (χ4n) is 2.14. The number of rotatable bonds is 4. The fraction of sp³-hybridized carbons (Fsp3) is 0.250. The van der Waals surface area contributed by atoms with Crippen LogP contribution in [0.2, 0.25) is 0 Å². The summed E-state index contributed by atoms with van der Waals surface area (Å²) in [5.74, 6) is 1.81. The molecule has 1 heterocycles. The maximum Gasteiger partial charge on any atom is 0.204 e. The summed E-state index contributed by atoms with van der Waals surface area (Å²) in [6.07, 6.45) is 0. The van der Waals surface area contributed by atoms with Crippen molar-refractivity contribution in [3.05, 3.63) is 53.6 Å². The molecule has 0 radical (unpaired) electrons. The van der Waals surface area contributed by atoms with Gasteiger partial charge in [0.05, 0.1) is 6.61 Å². The minimum atomic E-state index is -0.0787. The summed E-state index contributed by atoms with van der Waals surface area (Å²) in [5, 5.41) is 9.32. The molecule has 1 aliphatic rings. The summed E-state index contributed by atoms with van der Waals surface area (Å²) < 4.78 is 17.0. The molecule has 20 heavy (non-hydrogen) atoms. The van der Waals surface area contributed by atoms with Gasteiger partial charge in [-0.05, 0) is 17.7 Å². The fourth-order valence-corrected chi connectivity index (χ4v) is 2.14. The summed E-state index contributed by atoms with van der Waals surface area (Å²) in [6.45, 7) is 1.37. The third kappa shape index (κ3) is 2.56. The Labute approximate surface area is 117 Å². The second-order valence-corrected chi connectivity index (χ2v) is 4.51. The molecule has 1 aliphatic heterocycles. The first kappa shape index (κ1) is 12.8. The van der Waals surface area contributed by atoms with Crippen molar-refractivity contribution < 1.29 is 19.3 Å². The normalized spacial score (nSPS) is 13.1. The molecule has 104 valence electrons. The third-order valence-electron chi connectivity index (χ3n) is 3.14. The van der Waals surface area contributed by atoms with Crippen LogP contribution in [0.5, 0.6) is 17.2 Å². The van der Waals surface area contributed by atoms with Gasteiger partial charge in [-0.3, -0.25) is 0 Å². The van der Waals surface area contributed by atoms with Crippen LogP contribution in [0.25, 0.3) is 0 Å². The third-order valence-corrected chi connectivity index (χ3v) is 3.14. The number of ether oxygens (including phenoxy) is 3. The molecule has 4 heteroatoms. The lowest BCUT2D eigenvalue weighted by Gasteiger charge is -2.23. The van der Waals surface area contributed by atoms with E-state index in [-0.39, 0.29) is 6.61 Å². The van der Waals surface area contributed by atoms with Crippen LogP contribution < -0.4 is 14.2 Å². The summed E-state index contributed by atoms with van der Waals surface area (Å²) >= 11 is 0. The molecule has 0 spiro atoms. The van der Waals surface area contributed by atoms with Crippen LogP contribution in [0.4, 0.5) is 0 Å². The molecule has 0 amide bonds. The Hall–Kier alpha value is -2.20. The molecule has 3 rings (SSSR count). The Balaban J connectivity index is 1.83. The molecule has 0 aliphatic carbocycles. The van der Waals surface area contributed by atoms with Gasteiger partial charge in [-0.15, -0.1) is 0 Å². The van der Waals surface area contributed by atoms with Gasteiger partial charge in [0.2, 0.25) is 5.75 Å². The first-order valence-corrected chi connectivity index (χ1v) is 6.57. The van der Waals surface area contributed by atoms with Gasteiger partial charge in [-0.25, -0.2) is 0 Å². The monoisotopic (exact) mass is 272 g/mol. The van der Waals surface area contributed by atoms with Crippen molar-refractivity contribution in [2.24, 2.45) is 0 Å². The molecule has 1 N–H and O–H groups in total. The second kappa shape index (κ2) is 5.84. The van der Waals surface area contributed by atoms with Crippen LogP contribution >= 0.6 is 0 Å². The predicted molar refractivity (Wildman–Crippen MR) is 74.1 cm³/mol. The number of benzene rings is 2. The number of fused-ring (bicyclic) bond motifs is 1. The van der Waals surface area contributed by atoms with E-state index in [1.54, 1.807) is 6.07 Å². The zero-order chi connectivity index (χ0) is 13.8. The highest BCUT2D eigenvalue weighted by atomic mass is 16.6. The van der Waals surface area contributed by atoms with Gasteiger partial charge >= 0.3 is 0 Å². The summed E-state index contributed by atoms with van der Waals surface area (Å²) in [4.78, 5) is 0. The van der Waals surface area contributed by atoms with E-state index >= 15 is 0 Å². The average molecular weight is 272 g/mol. The van der Waals surface area contributed by atoms with Gasteiger partial charge in [0.1, 0.15) is 19.8 Å². The first-order valence-electron chi connectivity index (χ1n) is 6.57. The highest BCUT2D eigenvalue weighted by molar-refractivity contribution is 5.56. The number of aliphatic hydroxyl groups is 1. The minimum absolute atomic E-state index is 0.0787. The van der Waals surface area contributed by atoms with E-state index < -0.39 is 0 Å². The Bertz CT molecular complexity index is 581. The van der Waals surface area contributed by atoms with E-state index in [2.05, 4.69) is 0 Å². The van der Waals surface area contributed by atoms with Gasteiger partial charge in [-0.1, -0.05) is 30.3 Å². The highest BCUT2D eigenvalue weighted by Crippen LogP contribution is 2.42. The molecule has 0 atom stereocenters. The van der Waals surface area contributed by atoms with E-state index in [4.69, 9.17) is 14.2 Å². The second-order valence-electron chi connectivity index (χ2n) is 4.51. The van der Waals surface area contributed by atoms with Crippen LogP contribution in [0, 0.1) is 0 Å². The van der Waals surface area contributed by atoms with Gasteiger partial charge in [-0.2, -0.15) is 0 Å². The largest absolute Gasteiger partial charge is 0.486 e. The molecule has 0 bridgehead atoms. The lowest BCUT2D eigenvalue weighted by molar-refractivity contribution is 0.155. The van der Waals surface area contributed by atoms with Crippen molar-refractivity contribution in [2.75, 3.05) is 13.2 Å². The molecule has 2 aromatic carbocycles. The van der Waals surface area contributed by atoms with Crippen molar-refractivity contribution >= 4 is 0 Å². The summed E-state index contributed by atoms with van der Waals surface area (Å²) in [5.41, 5.74) is 1.80. The number of hydrogen-bond donors (Lipinski definition) is 1.